The van der Waals surface area contributed by atoms with E-state index in [0.717, 1.165) is 12.0 Å². The van der Waals surface area contributed by atoms with Crippen LogP contribution in [0.2, 0.25) is 0 Å². The number of amides is 2. The summed E-state index contributed by atoms with van der Waals surface area (Å²) in [6.45, 7) is 0.767. The van der Waals surface area contributed by atoms with Gasteiger partial charge in [0.15, 0.2) is 0 Å². The first-order valence-electron chi connectivity index (χ1n) is 8.41. The van der Waals surface area contributed by atoms with Gasteiger partial charge in [-0.2, -0.15) is 0 Å². The number of hydrogen-bond donors (Lipinski definition) is 0. The molecule has 1 fully saturated rings. The molecule has 1 aliphatic heterocycles. The molecule has 1 saturated heterocycles. The first kappa shape index (κ1) is 17.6. The molecule has 134 valence electrons. The van der Waals surface area contributed by atoms with Crippen LogP contribution < -0.4 is 4.90 Å². The molecule has 1 aliphatic rings. The molecular weight excluding hydrogens is 334 g/mol. The summed E-state index contributed by atoms with van der Waals surface area (Å²) in [7, 11) is 0. The number of nitrogens with zero attached hydrogens (tertiary/aromatic N) is 3. The second-order valence-electron chi connectivity index (χ2n) is 6.16. The summed E-state index contributed by atoms with van der Waals surface area (Å²) in [5.74, 6) is -0.144. The number of benzene rings is 2. The highest BCUT2D eigenvalue weighted by Gasteiger charge is 2.26. The van der Waals surface area contributed by atoms with Crippen molar-refractivity contribution < 1.29 is 14.5 Å². The second kappa shape index (κ2) is 7.77. The Labute approximate surface area is 151 Å². The van der Waals surface area contributed by atoms with Crippen LogP contribution in [0.25, 0.3) is 0 Å². The van der Waals surface area contributed by atoms with E-state index in [-0.39, 0.29) is 30.6 Å². The van der Waals surface area contributed by atoms with Crippen LogP contribution in [-0.2, 0) is 16.0 Å². The van der Waals surface area contributed by atoms with Crippen molar-refractivity contribution >= 4 is 23.2 Å². The summed E-state index contributed by atoms with van der Waals surface area (Å²) >= 11 is 0. The first-order valence-corrected chi connectivity index (χ1v) is 8.41. The molecule has 0 aliphatic carbocycles. The number of non-ortho nitro benzene ring substituents is 1. The summed E-state index contributed by atoms with van der Waals surface area (Å²) in [4.78, 5) is 38.4. The fourth-order valence-corrected chi connectivity index (χ4v) is 2.95. The molecule has 3 rings (SSSR count). The highest BCUT2D eigenvalue weighted by Crippen LogP contribution is 2.22. The molecule has 2 aromatic carbocycles. The predicted molar refractivity (Wildman–Crippen MR) is 96.5 cm³/mol. The van der Waals surface area contributed by atoms with Gasteiger partial charge in [0.2, 0.25) is 11.8 Å². The maximum absolute atomic E-state index is 12.9. The summed E-state index contributed by atoms with van der Waals surface area (Å²) in [5.41, 5.74) is 1.37. The zero-order valence-electron chi connectivity index (χ0n) is 14.2. The first-order chi connectivity index (χ1) is 12.5. The smallest absolute Gasteiger partial charge is 0.269 e. The van der Waals surface area contributed by atoms with Crippen molar-refractivity contribution in [3.63, 3.8) is 0 Å². The van der Waals surface area contributed by atoms with E-state index < -0.39 is 4.92 Å². The molecule has 0 spiro atoms. The van der Waals surface area contributed by atoms with E-state index >= 15 is 0 Å². The normalized spacial score (nSPS) is 13.7. The molecule has 0 aromatic heterocycles. The molecule has 7 nitrogen and oxygen atoms in total. The molecule has 0 radical (unpaired) electrons. The van der Waals surface area contributed by atoms with Crippen molar-refractivity contribution in [1.82, 2.24) is 4.90 Å². The Morgan fingerprint density at radius 2 is 1.81 bits per heavy atom. The van der Waals surface area contributed by atoms with E-state index in [2.05, 4.69) is 0 Å². The molecule has 2 amide bonds. The summed E-state index contributed by atoms with van der Waals surface area (Å²) in [5, 5.41) is 10.9. The van der Waals surface area contributed by atoms with Gasteiger partial charge in [0.25, 0.3) is 5.69 Å². The lowest BCUT2D eigenvalue weighted by atomic mass is 10.1. The van der Waals surface area contributed by atoms with Crippen LogP contribution in [0, 0.1) is 10.1 Å². The maximum Gasteiger partial charge on any atom is 0.269 e. The second-order valence-corrected chi connectivity index (χ2v) is 6.16. The zero-order chi connectivity index (χ0) is 18.5. The topological polar surface area (TPSA) is 83.8 Å². The fourth-order valence-electron chi connectivity index (χ4n) is 2.95. The molecule has 26 heavy (non-hydrogen) atoms. The van der Waals surface area contributed by atoms with Crippen LogP contribution in [0.1, 0.15) is 18.4 Å². The molecule has 0 bridgehead atoms. The van der Waals surface area contributed by atoms with Crippen LogP contribution in [0.15, 0.2) is 54.6 Å². The highest BCUT2D eigenvalue weighted by molar-refractivity contribution is 5.95. The number of likely N-dealkylation sites (tertiary alicyclic amines) is 1. The number of anilines is 1. The van der Waals surface area contributed by atoms with Gasteiger partial charge in [-0.05, 0) is 24.1 Å². The number of hydrogen-bond acceptors (Lipinski definition) is 4. The Bertz CT molecular complexity index is 805. The van der Waals surface area contributed by atoms with Gasteiger partial charge in [-0.1, -0.05) is 30.3 Å². The molecule has 0 unspecified atom stereocenters. The molecule has 0 N–H and O–H groups in total. The van der Waals surface area contributed by atoms with E-state index in [4.69, 9.17) is 0 Å². The van der Waals surface area contributed by atoms with Crippen molar-refractivity contribution in [1.29, 1.82) is 0 Å². The Morgan fingerprint density at radius 3 is 2.38 bits per heavy atom. The van der Waals surface area contributed by atoms with Crippen LogP contribution in [-0.4, -0.2) is 34.9 Å². The summed E-state index contributed by atoms with van der Waals surface area (Å²) in [6, 6.07) is 15.2. The van der Waals surface area contributed by atoms with Crippen molar-refractivity contribution in [3.8, 4) is 0 Å². The van der Waals surface area contributed by atoms with Crippen molar-refractivity contribution in [2.24, 2.45) is 0 Å². The van der Waals surface area contributed by atoms with E-state index in [1.807, 2.05) is 30.3 Å². The monoisotopic (exact) mass is 353 g/mol. The number of rotatable bonds is 6. The van der Waals surface area contributed by atoms with E-state index in [1.165, 1.54) is 17.0 Å². The third-order valence-electron chi connectivity index (χ3n) is 4.35. The van der Waals surface area contributed by atoms with Gasteiger partial charge in [0.05, 0.1) is 11.3 Å². The number of nitro groups is 1. The fraction of sp³-hybridized carbons (Fsp3) is 0.263. The van der Waals surface area contributed by atoms with E-state index in [9.17, 15) is 19.7 Å². The molecule has 7 heteroatoms. The standard InChI is InChI=1S/C19H19N3O4/c23-18-7-4-12-20(18)14-21(16-8-10-17(11-9-16)22(25)26)19(24)13-15-5-2-1-3-6-15/h1-3,5-6,8-11H,4,7,12-14H2. The van der Waals surface area contributed by atoms with Gasteiger partial charge in [0, 0.05) is 30.8 Å². The largest absolute Gasteiger partial charge is 0.324 e. The quantitative estimate of drug-likeness (QED) is 0.590. The highest BCUT2D eigenvalue weighted by atomic mass is 16.6. The minimum atomic E-state index is -0.482. The molecule has 1 heterocycles. The molecule has 0 atom stereocenters. The van der Waals surface area contributed by atoms with Gasteiger partial charge in [-0.25, -0.2) is 0 Å². The van der Waals surface area contributed by atoms with Gasteiger partial charge in [-0.3, -0.25) is 24.6 Å². The Morgan fingerprint density at radius 1 is 1.12 bits per heavy atom. The number of nitro benzene ring substituents is 1. The van der Waals surface area contributed by atoms with Crippen LogP contribution in [0.5, 0.6) is 0 Å². The van der Waals surface area contributed by atoms with E-state index in [0.29, 0.717) is 18.7 Å². The summed E-state index contributed by atoms with van der Waals surface area (Å²) in [6.07, 6.45) is 1.46. The lowest BCUT2D eigenvalue weighted by Crippen LogP contribution is -2.43. The average Bonchev–Trinajstić information content (AvgIpc) is 3.05. The maximum atomic E-state index is 12.9. The van der Waals surface area contributed by atoms with E-state index in [1.54, 1.807) is 17.0 Å². The minimum Gasteiger partial charge on any atom is -0.324 e. The lowest BCUT2D eigenvalue weighted by molar-refractivity contribution is -0.384. The third-order valence-corrected chi connectivity index (χ3v) is 4.35. The Hall–Kier alpha value is -3.22. The van der Waals surface area contributed by atoms with Crippen molar-refractivity contribution in [2.45, 2.75) is 19.3 Å². The molecule has 0 saturated carbocycles. The zero-order valence-corrected chi connectivity index (χ0v) is 14.2. The van der Waals surface area contributed by atoms with Crippen LogP contribution in [0.3, 0.4) is 0 Å². The Balaban J connectivity index is 1.84. The summed E-state index contributed by atoms with van der Waals surface area (Å²) < 4.78 is 0. The Kier molecular flexibility index (Phi) is 5.26. The molecule has 2 aromatic rings. The molecular formula is C19H19N3O4. The van der Waals surface area contributed by atoms with Crippen LogP contribution >= 0.6 is 0 Å². The SMILES string of the molecule is O=C1CCCN1CN(C(=O)Cc1ccccc1)c1ccc([N+](=O)[O-])cc1. The van der Waals surface area contributed by atoms with Gasteiger partial charge < -0.3 is 4.90 Å². The third kappa shape index (κ3) is 4.05. The van der Waals surface area contributed by atoms with Crippen molar-refractivity contribution in [3.05, 3.63) is 70.3 Å². The number of carbonyl (C=O) groups excluding carboxylic acids is 2. The van der Waals surface area contributed by atoms with Crippen molar-refractivity contribution in [2.75, 3.05) is 18.1 Å². The predicted octanol–water partition coefficient (Wildman–Crippen LogP) is 2.75. The van der Waals surface area contributed by atoms with Crippen LogP contribution in [0.4, 0.5) is 11.4 Å². The average molecular weight is 353 g/mol. The lowest BCUT2D eigenvalue weighted by Gasteiger charge is -2.28. The van der Waals surface area contributed by atoms with Gasteiger partial charge in [0.1, 0.15) is 6.67 Å². The number of carbonyl (C=O) groups is 2. The van der Waals surface area contributed by atoms with Gasteiger partial charge >= 0.3 is 0 Å². The van der Waals surface area contributed by atoms with Gasteiger partial charge in [-0.15, -0.1) is 0 Å². The minimum absolute atomic E-state index is 0.0180.